The highest BCUT2D eigenvalue weighted by Gasteiger charge is 2.43. The average Bonchev–Trinajstić information content (AvgIpc) is 3.20. The van der Waals surface area contributed by atoms with E-state index in [2.05, 4.69) is 121 Å². The van der Waals surface area contributed by atoms with Crippen molar-refractivity contribution in [3.05, 3.63) is 114 Å². The van der Waals surface area contributed by atoms with E-state index in [1.165, 1.54) is 11.2 Å². The molecule has 0 atom stereocenters. The molecule has 0 aliphatic carbocycles. The summed E-state index contributed by atoms with van der Waals surface area (Å²) >= 11 is 6.94. The van der Waals surface area contributed by atoms with Crippen LogP contribution < -0.4 is 20.9 Å². The predicted octanol–water partition coefficient (Wildman–Crippen LogP) is 8.17. The lowest BCUT2D eigenvalue weighted by molar-refractivity contribution is 0.650. The molecule has 0 amide bonds. The molecule has 0 radical (unpaired) electrons. The summed E-state index contributed by atoms with van der Waals surface area (Å²) in [5.74, 6) is 0.329. The zero-order valence-electron chi connectivity index (χ0n) is 20.9. The summed E-state index contributed by atoms with van der Waals surface area (Å²) in [4.78, 5) is 4.73. The third-order valence-corrected chi connectivity index (χ3v) is 7.73. The van der Waals surface area contributed by atoms with Crippen LogP contribution in [0.3, 0.4) is 0 Å². The lowest BCUT2D eigenvalue weighted by Gasteiger charge is -2.37. The number of hydrogen-bond donors (Lipinski definition) is 0. The maximum absolute atomic E-state index is 6.94. The molecule has 2 aliphatic heterocycles. The third-order valence-electron chi connectivity index (χ3n) is 7.51. The van der Waals surface area contributed by atoms with Crippen molar-refractivity contribution >= 4 is 68.8 Å². The third kappa shape index (κ3) is 3.43. The highest BCUT2D eigenvalue weighted by Crippen LogP contribution is 2.46. The standard InChI is InChI=1S/C32H26BClN2O/c1-21(2)26-17-18-33-30-27(35(26)23-11-5-3-6-12-23)19-22(34)20-28(30)36(24-13-7-4-8-14-24)31-25-15-9-10-16-29(25)37-32(31)33/h3-17,19-21H,18H2,1-2H3. The van der Waals surface area contributed by atoms with Gasteiger partial charge in [-0.1, -0.05) is 80.1 Å². The molecule has 0 N–H and O–H groups in total. The van der Waals surface area contributed by atoms with Crippen LogP contribution in [0.2, 0.25) is 11.3 Å². The van der Waals surface area contributed by atoms with Crippen molar-refractivity contribution in [2.45, 2.75) is 20.2 Å². The highest BCUT2D eigenvalue weighted by molar-refractivity contribution is 6.89. The Bertz CT molecular complexity index is 1660. The fourth-order valence-corrected chi connectivity index (χ4v) is 6.19. The molecule has 180 valence electrons. The first-order valence-electron chi connectivity index (χ1n) is 12.9. The maximum atomic E-state index is 6.94. The van der Waals surface area contributed by atoms with E-state index in [9.17, 15) is 0 Å². The van der Waals surface area contributed by atoms with Crippen LogP contribution in [0, 0.1) is 5.92 Å². The molecule has 37 heavy (non-hydrogen) atoms. The van der Waals surface area contributed by atoms with Crippen molar-refractivity contribution in [3.8, 4) is 0 Å². The van der Waals surface area contributed by atoms with Gasteiger partial charge in [-0.3, -0.25) is 0 Å². The van der Waals surface area contributed by atoms with Crippen molar-refractivity contribution in [2.75, 3.05) is 9.80 Å². The smallest absolute Gasteiger partial charge is 0.267 e. The lowest BCUT2D eigenvalue weighted by Crippen LogP contribution is -2.49. The normalized spacial score (nSPS) is 14.5. The SMILES string of the molecule is CC(C)C1=CCB2c3oc4ccccc4c3N(c3ccccc3)c3cc(Cl)cc(c32)N1c1ccccc1. The molecule has 3 nitrogen and oxygen atoms in total. The van der Waals surface area contributed by atoms with Gasteiger partial charge in [0, 0.05) is 38.9 Å². The zero-order valence-corrected chi connectivity index (χ0v) is 21.6. The number of para-hydroxylation sites is 3. The van der Waals surface area contributed by atoms with E-state index in [0.717, 1.165) is 56.4 Å². The molecule has 0 saturated heterocycles. The molecule has 4 aromatic carbocycles. The van der Waals surface area contributed by atoms with Crippen LogP contribution in [0.15, 0.2) is 113 Å². The number of anilines is 5. The number of allylic oxidation sites excluding steroid dienone is 2. The summed E-state index contributed by atoms with van der Waals surface area (Å²) in [5.41, 5.74) is 9.99. The second-order valence-corrected chi connectivity index (χ2v) is 10.5. The van der Waals surface area contributed by atoms with Gasteiger partial charge in [-0.05, 0) is 66.2 Å². The Kier molecular flexibility index (Phi) is 5.19. The van der Waals surface area contributed by atoms with E-state index in [0.29, 0.717) is 5.92 Å². The highest BCUT2D eigenvalue weighted by atomic mass is 35.5. The zero-order chi connectivity index (χ0) is 25.1. The molecule has 5 heteroatoms. The van der Waals surface area contributed by atoms with Crippen molar-refractivity contribution in [2.24, 2.45) is 5.92 Å². The van der Waals surface area contributed by atoms with Crippen molar-refractivity contribution < 1.29 is 4.42 Å². The second-order valence-electron chi connectivity index (χ2n) is 10.1. The number of fused-ring (bicyclic) bond motifs is 4. The molecule has 5 aromatic rings. The van der Waals surface area contributed by atoms with Gasteiger partial charge in [-0.15, -0.1) is 0 Å². The largest absolute Gasteiger partial charge is 0.469 e. The van der Waals surface area contributed by atoms with E-state index in [1.807, 2.05) is 6.07 Å². The number of furan rings is 1. The molecule has 0 unspecified atom stereocenters. The fourth-order valence-electron chi connectivity index (χ4n) is 5.98. The first kappa shape index (κ1) is 22.3. The number of halogens is 1. The Balaban J connectivity index is 1.59. The minimum absolute atomic E-state index is 0.0760. The summed E-state index contributed by atoms with van der Waals surface area (Å²) in [6, 6.07) is 33.7. The molecule has 2 aliphatic rings. The molecular formula is C32H26BClN2O. The van der Waals surface area contributed by atoms with Crippen LogP contribution in [0.25, 0.3) is 11.0 Å². The summed E-state index contributed by atoms with van der Waals surface area (Å²) in [5, 5.41) is 1.83. The second kappa shape index (κ2) is 8.60. The van der Waals surface area contributed by atoms with Crippen LogP contribution in [0.1, 0.15) is 13.8 Å². The van der Waals surface area contributed by atoms with Gasteiger partial charge in [0.05, 0.1) is 11.3 Å². The Morgan fingerprint density at radius 2 is 1.38 bits per heavy atom. The average molecular weight is 501 g/mol. The van der Waals surface area contributed by atoms with Gasteiger partial charge in [-0.2, -0.15) is 0 Å². The Labute approximate surface area is 222 Å². The number of rotatable bonds is 3. The molecule has 7 rings (SSSR count). The van der Waals surface area contributed by atoms with Gasteiger partial charge < -0.3 is 14.2 Å². The van der Waals surface area contributed by atoms with E-state index in [-0.39, 0.29) is 6.71 Å². The first-order valence-corrected chi connectivity index (χ1v) is 13.2. The number of nitrogens with zero attached hydrogens (tertiary/aromatic N) is 2. The first-order chi connectivity index (χ1) is 18.1. The van der Waals surface area contributed by atoms with E-state index >= 15 is 0 Å². The molecule has 1 aromatic heterocycles. The monoisotopic (exact) mass is 500 g/mol. The Morgan fingerprint density at radius 1 is 0.784 bits per heavy atom. The number of benzene rings is 4. The van der Waals surface area contributed by atoms with Crippen LogP contribution >= 0.6 is 11.6 Å². The van der Waals surface area contributed by atoms with Crippen molar-refractivity contribution in [1.82, 2.24) is 0 Å². The minimum atomic E-state index is 0.0760. The molecule has 0 saturated carbocycles. The van der Waals surface area contributed by atoms with Crippen LogP contribution in [-0.4, -0.2) is 6.71 Å². The topological polar surface area (TPSA) is 19.6 Å². The van der Waals surface area contributed by atoms with Gasteiger partial charge in [0.1, 0.15) is 5.58 Å². The molecular weight excluding hydrogens is 475 g/mol. The van der Waals surface area contributed by atoms with E-state index < -0.39 is 0 Å². The quantitative estimate of drug-likeness (QED) is 0.233. The van der Waals surface area contributed by atoms with Crippen molar-refractivity contribution in [3.63, 3.8) is 0 Å². The molecule has 3 heterocycles. The Morgan fingerprint density at radius 3 is 2.05 bits per heavy atom. The number of hydrogen-bond acceptors (Lipinski definition) is 3. The summed E-state index contributed by atoms with van der Waals surface area (Å²) in [6.45, 7) is 4.60. The van der Waals surface area contributed by atoms with E-state index in [4.69, 9.17) is 16.0 Å². The molecule has 0 bridgehead atoms. The van der Waals surface area contributed by atoms with Crippen molar-refractivity contribution in [1.29, 1.82) is 0 Å². The summed E-state index contributed by atoms with van der Waals surface area (Å²) < 4.78 is 6.69. The Hall–Kier alpha value is -3.89. The lowest BCUT2D eigenvalue weighted by atomic mass is 9.39. The van der Waals surface area contributed by atoms with Gasteiger partial charge in [0.2, 0.25) is 0 Å². The van der Waals surface area contributed by atoms with Crippen LogP contribution in [0.5, 0.6) is 0 Å². The maximum Gasteiger partial charge on any atom is 0.267 e. The van der Waals surface area contributed by atoms with Gasteiger partial charge in [0.25, 0.3) is 6.71 Å². The van der Waals surface area contributed by atoms with Crippen LogP contribution in [0.4, 0.5) is 28.4 Å². The van der Waals surface area contributed by atoms with Gasteiger partial charge in [0.15, 0.2) is 0 Å². The summed E-state index contributed by atoms with van der Waals surface area (Å²) in [7, 11) is 0. The fraction of sp³-hybridized carbons (Fsp3) is 0.125. The minimum Gasteiger partial charge on any atom is -0.469 e. The van der Waals surface area contributed by atoms with Gasteiger partial charge >= 0.3 is 0 Å². The van der Waals surface area contributed by atoms with Gasteiger partial charge in [-0.25, -0.2) is 0 Å². The predicted molar refractivity (Wildman–Crippen MR) is 157 cm³/mol. The summed E-state index contributed by atoms with van der Waals surface area (Å²) in [6.07, 6.45) is 3.25. The molecule has 0 fully saturated rings. The van der Waals surface area contributed by atoms with Crippen LogP contribution in [-0.2, 0) is 0 Å². The molecule has 0 spiro atoms. The van der Waals surface area contributed by atoms with E-state index in [1.54, 1.807) is 0 Å².